The number of hydrogen-bond donors (Lipinski definition) is 1. The number of benzene rings is 2. The number of nitrogens with one attached hydrogen (secondary N) is 1. The molecule has 0 fully saturated rings. The lowest BCUT2D eigenvalue weighted by atomic mass is 9.92. The Balaban J connectivity index is 2.34. The van der Waals surface area contributed by atoms with E-state index in [0.717, 1.165) is 17.0 Å². The lowest BCUT2D eigenvalue weighted by molar-refractivity contribution is 0.588. The van der Waals surface area contributed by atoms with Crippen LogP contribution in [0.15, 0.2) is 30.3 Å². The molecule has 0 amide bonds. The lowest BCUT2D eigenvalue weighted by Crippen LogP contribution is -2.20. The molecule has 0 saturated carbocycles. The molecule has 2 aromatic rings. The van der Waals surface area contributed by atoms with Crippen LogP contribution in [0.5, 0.6) is 0 Å². The van der Waals surface area contributed by atoms with Crippen LogP contribution in [0.2, 0.25) is 10.0 Å². The maximum atomic E-state index is 6.30. The first-order valence-electron chi connectivity index (χ1n) is 7.11. The zero-order valence-electron chi connectivity index (χ0n) is 12.9. The molecule has 0 aliphatic rings. The van der Waals surface area contributed by atoms with Crippen molar-refractivity contribution in [2.45, 2.75) is 33.2 Å². The number of hydrogen-bond acceptors (Lipinski definition) is 1. The van der Waals surface area contributed by atoms with Crippen LogP contribution in [-0.2, 0) is 6.42 Å². The van der Waals surface area contributed by atoms with Gasteiger partial charge in [-0.1, -0.05) is 41.4 Å². The highest BCUT2D eigenvalue weighted by Gasteiger charge is 2.15. The van der Waals surface area contributed by atoms with Crippen LogP contribution < -0.4 is 5.32 Å². The Kier molecular flexibility index (Phi) is 5.32. The minimum Gasteiger partial charge on any atom is -0.313 e. The molecule has 0 heterocycles. The summed E-state index contributed by atoms with van der Waals surface area (Å²) in [6.45, 7) is 6.46. The van der Waals surface area contributed by atoms with Gasteiger partial charge in [0.25, 0.3) is 0 Å². The summed E-state index contributed by atoms with van der Waals surface area (Å²) >= 11 is 12.3. The van der Waals surface area contributed by atoms with Gasteiger partial charge in [0.1, 0.15) is 0 Å². The van der Waals surface area contributed by atoms with Crippen molar-refractivity contribution >= 4 is 23.2 Å². The molecule has 0 radical (unpaired) electrons. The average molecular weight is 322 g/mol. The van der Waals surface area contributed by atoms with E-state index in [0.29, 0.717) is 5.02 Å². The average Bonchev–Trinajstić information content (AvgIpc) is 2.43. The first-order valence-corrected chi connectivity index (χ1v) is 7.87. The van der Waals surface area contributed by atoms with Crippen molar-refractivity contribution in [1.29, 1.82) is 0 Å². The number of aryl methyl sites for hydroxylation is 3. The summed E-state index contributed by atoms with van der Waals surface area (Å²) in [5, 5.41) is 4.80. The first-order chi connectivity index (χ1) is 9.92. The first kappa shape index (κ1) is 16.4. The standard InChI is InChI=1S/C18H21Cl2N/c1-11-7-13(3)16(8-12(11)2)18(21-4)9-14-5-6-15(19)10-17(14)20/h5-8,10,18,21H,9H2,1-4H3. The molecule has 1 nitrogen and oxygen atoms in total. The van der Waals surface area contributed by atoms with Gasteiger partial charge in [0.15, 0.2) is 0 Å². The summed E-state index contributed by atoms with van der Waals surface area (Å²) in [6.07, 6.45) is 0.843. The number of halogens is 2. The van der Waals surface area contributed by atoms with Crippen LogP contribution in [-0.4, -0.2) is 7.05 Å². The number of likely N-dealkylation sites (N-methyl/N-ethyl adjacent to an activating group) is 1. The van der Waals surface area contributed by atoms with Crippen molar-refractivity contribution in [2.75, 3.05) is 7.05 Å². The predicted molar refractivity (Wildman–Crippen MR) is 92.6 cm³/mol. The zero-order valence-corrected chi connectivity index (χ0v) is 14.4. The molecule has 0 bridgehead atoms. The van der Waals surface area contributed by atoms with Crippen molar-refractivity contribution in [1.82, 2.24) is 5.32 Å². The minimum absolute atomic E-state index is 0.239. The van der Waals surface area contributed by atoms with Crippen molar-refractivity contribution in [2.24, 2.45) is 0 Å². The monoisotopic (exact) mass is 321 g/mol. The van der Waals surface area contributed by atoms with Gasteiger partial charge < -0.3 is 5.32 Å². The molecule has 2 aromatic carbocycles. The topological polar surface area (TPSA) is 12.0 Å². The Labute approximate surface area is 137 Å². The molecule has 2 rings (SSSR count). The van der Waals surface area contributed by atoms with E-state index >= 15 is 0 Å². The van der Waals surface area contributed by atoms with E-state index in [1.165, 1.54) is 22.3 Å². The summed E-state index contributed by atoms with van der Waals surface area (Å²) in [6, 6.07) is 10.5. The van der Waals surface area contributed by atoms with Gasteiger partial charge >= 0.3 is 0 Å². The second-order valence-corrected chi connectivity index (χ2v) is 6.42. The van der Waals surface area contributed by atoms with Gasteiger partial charge in [-0.25, -0.2) is 0 Å². The summed E-state index contributed by atoms with van der Waals surface area (Å²) in [5.41, 5.74) is 6.39. The third-order valence-corrected chi connectivity index (χ3v) is 4.63. The summed E-state index contributed by atoms with van der Waals surface area (Å²) in [5.74, 6) is 0. The van der Waals surface area contributed by atoms with Crippen LogP contribution in [0.1, 0.15) is 33.9 Å². The molecule has 1 atom stereocenters. The molecule has 0 aromatic heterocycles. The highest BCUT2D eigenvalue weighted by molar-refractivity contribution is 6.35. The van der Waals surface area contributed by atoms with Gasteiger partial charge in [-0.05, 0) is 74.2 Å². The van der Waals surface area contributed by atoms with E-state index in [2.05, 4.69) is 38.2 Å². The largest absolute Gasteiger partial charge is 0.313 e. The summed E-state index contributed by atoms with van der Waals surface area (Å²) < 4.78 is 0. The summed E-state index contributed by atoms with van der Waals surface area (Å²) in [4.78, 5) is 0. The second kappa shape index (κ2) is 6.83. The highest BCUT2D eigenvalue weighted by atomic mass is 35.5. The lowest BCUT2D eigenvalue weighted by Gasteiger charge is -2.21. The fraction of sp³-hybridized carbons (Fsp3) is 0.333. The van der Waals surface area contributed by atoms with Crippen LogP contribution in [0.3, 0.4) is 0 Å². The number of rotatable bonds is 4. The maximum Gasteiger partial charge on any atom is 0.0453 e. The Morgan fingerprint density at radius 1 is 0.952 bits per heavy atom. The SMILES string of the molecule is CNC(Cc1ccc(Cl)cc1Cl)c1cc(C)c(C)cc1C. The summed E-state index contributed by atoms with van der Waals surface area (Å²) in [7, 11) is 1.99. The normalized spacial score (nSPS) is 12.5. The molecule has 0 spiro atoms. The van der Waals surface area contributed by atoms with Crippen LogP contribution in [0.4, 0.5) is 0 Å². The molecular formula is C18H21Cl2N. The van der Waals surface area contributed by atoms with Crippen molar-refractivity contribution < 1.29 is 0 Å². The van der Waals surface area contributed by atoms with E-state index < -0.39 is 0 Å². The fourth-order valence-electron chi connectivity index (χ4n) is 2.63. The smallest absolute Gasteiger partial charge is 0.0453 e. The highest BCUT2D eigenvalue weighted by Crippen LogP contribution is 2.28. The van der Waals surface area contributed by atoms with Crippen molar-refractivity contribution in [3.8, 4) is 0 Å². The van der Waals surface area contributed by atoms with E-state index in [4.69, 9.17) is 23.2 Å². The van der Waals surface area contributed by atoms with Gasteiger partial charge in [-0.3, -0.25) is 0 Å². The van der Waals surface area contributed by atoms with E-state index in [-0.39, 0.29) is 6.04 Å². The molecule has 1 unspecified atom stereocenters. The third-order valence-electron chi connectivity index (χ3n) is 4.05. The van der Waals surface area contributed by atoms with Gasteiger partial charge in [0.2, 0.25) is 0 Å². The maximum absolute atomic E-state index is 6.30. The van der Waals surface area contributed by atoms with E-state index in [1.807, 2.05) is 19.2 Å². The minimum atomic E-state index is 0.239. The quantitative estimate of drug-likeness (QED) is 0.792. The third kappa shape index (κ3) is 3.79. The fourth-order valence-corrected chi connectivity index (χ4v) is 3.12. The molecule has 0 aliphatic carbocycles. The van der Waals surface area contributed by atoms with Crippen molar-refractivity contribution in [3.05, 3.63) is 68.2 Å². The Morgan fingerprint density at radius 2 is 1.62 bits per heavy atom. The van der Waals surface area contributed by atoms with Gasteiger partial charge in [-0.2, -0.15) is 0 Å². The van der Waals surface area contributed by atoms with Crippen molar-refractivity contribution in [3.63, 3.8) is 0 Å². The molecule has 0 aliphatic heterocycles. The molecule has 112 valence electrons. The molecule has 1 N–H and O–H groups in total. The molecule has 3 heteroatoms. The van der Waals surface area contributed by atoms with E-state index in [9.17, 15) is 0 Å². The van der Waals surface area contributed by atoms with E-state index in [1.54, 1.807) is 6.07 Å². The second-order valence-electron chi connectivity index (χ2n) is 5.57. The van der Waals surface area contributed by atoms with Gasteiger partial charge in [0.05, 0.1) is 0 Å². The Morgan fingerprint density at radius 3 is 2.24 bits per heavy atom. The molecule has 0 saturated heterocycles. The Bertz CT molecular complexity index is 650. The Hall–Kier alpha value is -1.02. The van der Waals surface area contributed by atoms with Crippen LogP contribution in [0.25, 0.3) is 0 Å². The molecular weight excluding hydrogens is 301 g/mol. The predicted octanol–water partition coefficient (Wildman–Crippen LogP) is 5.42. The van der Waals surface area contributed by atoms with Crippen LogP contribution in [0, 0.1) is 20.8 Å². The molecule has 21 heavy (non-hydrogen) atoms. The van der Waals surface area contributed by atoms with Crippen LogP contribution >= 0.6 is 23.2 Å². The van der Waals surface area contributed by atoms with Gasteiger partial charge in [-0.15, -0.1) is 0 Å². The van der Waals surface area contributed by atoms with Gasteiger partial charge in [0, 0.05) is 16.1 Å². The zero-order chi connectivity index (χ0) is 15.6.